The lowest BCUT2D eigenvalue weighted by molar-refractivity contribution is -0.126. The van der Waals surface area contributed by atoms with Gasteiger partial charge in [0.25, 0.3) is 5.91 Å². The second-order valence-corrected chi connectivity index (χ2v) is 9.65. The quantitative estimate of drug-likeness (QED) is 0.647. The summed E-state index contributed by atoms with van der Waals surface area (Å²) in [6.07, 6.45) is 3.62. The van der Waals surface area contributed by atoms with E-state index in [9.17, 15) is 14.7 Å². The zero-order chi connectivity index (χ0) is 23.7. The van der Waals surface area contributed by atoms with Gasteiger partial charge in [0.05, 0.1) is 12.3 Å². The van der Waals surface area contributed by atoms with Crippen LogP contribution in [-0.4, -0.2) is 59.9 Å². The first-order valence-electron chi connectivity index (χ1n) is 12.1. The van der Waals surface area contributed by atoms with Gasteiger partial charge in [-0.3, -0.25) is 9.59 Å². The van der Waals surface area contributed by atoms with Gasteiger partial charge < -0.3 is 20.2 Å². The molecule has 1 aliphatic heterocycles. The fraction of sp³-hybridized carbons (Fsp3) is 0.444. The average molecular weight is 462 g/mol. The van der Waals surface area contributed by atoms with Crippen molar-refractivity contribution in [3.05, 3.63) is 60.2 Å². The van der Waals surface area contributed by atoms with Gasteiger partial charge in [-0.15, -0.1) is 0 Å². The molecule has 3 fully saturated rings. The lowest BCUT2D eigenvalue weighted by atomic mass is 9.85. The second-order valence-electron chi connectivity index (χ2n) is 9.65. The lowest BCUT2D eigenvalue weighted by Gasteiger charge is -2.32. The van der Waals surface area contributed by atoms with Crippen LogP contribution in [0.5, 0.6) is 0 Å². The molecule has 0 unspecified atom stereocenters. The van der Waals surface area contributed by atoms with Gasteiger partial charge in [-0.2, -0.15) is 0 Å². The minimum Gasteiger partial charge on any atom is -0.399 e. The second kappa shape index (κ2) is 9.58. The van der Waals surface area contributed by atoms with Gasteiger partial charge in [0.2, 0.25) is 5.91 Å². The van der Waals surface area contributed by atoms with Crippen LogP contribution in [0.2, 0.25) is 0 Å². The number of likely N-dealkylation sites (tertiary alicyclic amines) is 1. The summed E-state index contributed by atoms with van der Waals surface area (Å²) in [5.41, 5.74) is 3.31. The molecule has 2 aromatic carbocycles. The Morgan fingerprint density at radius 2 is 1.76 bits per heavy atom. The standard InChI is InChI=1S/C27H31N3O4/c1-34-29-22-14-24(26(32)28-25-21-12-11-20(13-21)23(25)16-31)30(15-22)27(33)19-9-7-18(8-10-19)17-5-3-2-4-6-17/h2-10,20-21,23-25,31H,11-16H2,1H3,(H,28,32)/b29-22-/t20-,21+,23+,24+,25-/m1/s1. The van der Waals surface area contributed by atoms with E-state index in [1.54, 1.807) is 4.90 Å². The van der Waals surface area contributed by atoms with Crippen LogP contribution in [0.4, 0.5) is 0 Å². The highest BCUT2D eigenvalue weighted by Gasteiger charge is 2.49. The zero-order valence-corrected chi connectivity index (χ0v) is 19.4. The normalized spacial score (nSPS) is 28.9. The van der Waals surface area contributed by atoms with Crippen LogP contribution >= 0.6 is 0 Å². The Kier molecular flexibility index (Phi) is 6.37. The molecule has 5 rings (SSSR count). The maximum Gasteiger partial charge on any atom is 0.254 e. The number of nitrogens with one attached hydrogen (secondary N) is 1. The number of amides is 2. The Morgan fingerprint density at radius 1 is 1.06 bits per heavy atom. The molecule has 3 aliphatic rings. The molecule has 1 heterocycles. The number of nitrogens with zero attached hydrogens (tertiary/aromatic N) is 2. The first-order chi connectivity index (χ1) is 16.6. The van der Waals surface area contributed by atoms with Crippen LogP contribution < -0.4 is 5.32 Å². The first-order valence-corrected chi connectivity index (χ1v) is 12.1. The monoisotopic (exact) mass is 461 g/mol. The van der Waals surface area contributed by atoms with Gasteiger partial charge in [-0.1, -0.05) is 47.6 Å². The van der Waals surface area contributed by atoms with E-state index in [1.807, 2.05) is 54.6 Å². The van der Waals surface area contributed by atoms with Crippen LogP contribution in [-0.2, 0) is 9.63 Å². The average Bonchev–Trinajstić information content (AvgIpc) is 3.59. The van der Waals surface area contributed by atoms with Crippen LogP contribution in [0.3, 0.4) is 0 Å². The van der Waals surface area contributed by atoms with E-state index in [0.29, 0.717) is 29.5 Å². The highest BCUT2D eigenvalue weighted by molar-refractivity contribution is 6.05. The topological polar surface area (TPSA) is 91.2 Å². The molecule has 0 spiro atoms. The van der Waals surface area contributed by atoms with Crippen LogP contribution in [0.15, 0.2) is 59.8 Å². The number of hydrogen-bond donors (Lipinski definition) is 2. The van der Waals surface area contributed by atoms with Crippen molar-refractivity contribution in [3.63, 3.8) is 0 Å². The fourth-order valence-electron chi connectivity index (χ4n) is 6.11. The van der Waals surface area contributed by atoms with E-state index in [0.717, 1.165) is 30.4 Å². The number of aliphatic hydroxyl groups is 1. The fourth-order valence-corrected chi connectivity index (χ4v) is 6.11. The van der Waals surface area contributed by atoms with Gasteiger partial charge in [0.15, 0.2) is 0 Å². The van der Waals surface area contributed by atoms with E-state index in [-0.39, 0.29) is 36.9 Å². The third-order valence-corrected chi connectivity index (χ3v) is 7.79. The summed E-state index contributed by atoms with van der Waals surface area (Å²) in [5, 5.41) is 17.1. The summed E-state index contributed by atoms with van der Waals surface area (Å²) < 4.78 is 0. The first kappa shape index (κ1) is 22.6. The lowest BCUT2D eigenvalue weighted by Crippen LogP contribution is -2.52. The van der Waals surface area contributed by atoms with Crippen molar-refractivity contribution < 1.29 is 19.5 Å². The Labute approximate surface area is 199 Å². The van der Waals surface area contributed by atoms with Crippen molar-refractivity contribution in [1.29, 1.82) is 0 Å². The highest BCUT2D eigenvalue weighted by atomic mass is 16.6. The number of aliphatic hydroxyl groups excluding tert-OH is 1. The molecule has 2 amide bonds. The number of carbonyl (C=O) groups excluding carboxylic acids is 2. The van der Waals surface area contributed by atoms with Crippen LogP contribution in [0.1, 0.15) is 36.0 Å². The third-order valence-electron chi connectivity index (χ3n) is 7.79. The predicted octanol–water partition coefficient (Wildman–Crippen LogP) is 3.09. The largest absolute Gasteiger partial charge is 0.399 e. The number of oxime groups is 1. The maximum atomic E-state index is 13.5. The molecular weight excluding hydrogens is 430 g/mol. The van der Waals surface area contributed by atoms with Crippen molar-refractivity contribution in [1.82, 2.24) is 10.2 Å². The summed E-state index contributed by atoms with van der Waals surface area (Å²) in [7, 11) is 1.47. The van der Waals surface area contributed by atoms with Gasteiger partial charge in [-0.05, 0) is 54.4 Å². The maximum absolute atomic E-state index is 13.5. The van der Waals surface area contributed by atoms with E-state index in [2.05, 4.69) is 10.5 Å². The van der Waals surface area contributed by atoms with Gasteiger partial charge in [0.1, 0.15) is 13.2 Å². The van der Waals surface area contributed by atoms with Gasteiger partial charge >= 0.3 is 0 Å². The number of fused-ring (bicyclic) bond motifs is 2. The van der Waals surface area contributed by atoms with E-state index in [1.165, 1.54) is 7.11 Å². The number of rotatable bonds is 6. The Balaban J connectivity index is 1.34. The van der Waals surface area contributed by atoms with Crippen molar-refractivity contribution in [2.45, 2.75) is 37.8 Å². The molecular formula is C27H31N3O4. The van der Waals surface area contributed by atoms with E-state index >= 15 is 0 Å². The Hall–Kier alpha value is -3.19. The summed E-state index contributed by atoms with van der Waals surface area (Å²) in [6, 6.07) is 16.8. The molecule has 7 heteroatoms. The molecule has 178 valence electrons. The number of carbonyl (C=O) groups is 2. The Bertz CT molecular complexity index is 1070. The summed E-state index contributed by atoms with van der Waals surface area (Å²) in [4.78, 5) is 33.4. The van der Waals surface area contributed by atoms with E-state index < -0.39 is 6.04 Å². The Morgan fingerprint density at radius 3 is 2.47 bits per heavy atom. The summed E-state index contributed by atoms with van der Waals surface area (Å²) >= 11 is 0. The van der Waals surface area contributed by atoms with Crippen molar-refractivity contribution in [2.24, 2.45) is 22.9 Å². The molecule has 1 saturated heterocycles. The minimum atomic E-state index is -0.645. The molecule has 5 atom stereocenters. The number of hydrogen-bond acceptors (Lipinski definition) is 5. The molecule has 2 aromatic rings. The number of benzene rings is 2. The van der Waals surface area contributed by atoms with Gasteiger partial charge in [-0.25, -0.2) is 0 Å². The molecule has 0 aromatic heterocycles. The molecule has 7 nitrogen and oxygen atoms in total. The molecule has 0 radical (unpaired) electrons. The summed E-state index contributed by atoms with van der Waals surface area (Å²) in [5.74, 6) is 0.620. The van der Waals surface area contributed by atoms with Gasteiger partial charge in [0, 0.05) is 30.6 Å². The molecule has 2 N–H and O–H groups in total. The van der Waals surface area contributed by atoms with Crippen LogP contribution in [0, 0.1) is 17.8 Å². The zero-order valence-electron chi connectivity index (χ0n) is 19.4. The molecule has 34 heavy (non-hydrogen) atoms. The SMILES string of the molecule is CO/N=C1/C[C@@H](C(=O)N[C@@H]2[C@H]3CC[C@H](C3)[C@@H]2CO)N(C(=O)c2ccc(-c3ccccc3)cc2)C1. The molecule has 2 saturated carbocycles. The smallest absolute Gasteiger partial charge is 0.254 e. The third kappa shape index (κ3) is 4.20. The van der Waals surface area contributed by atoms with Crippen molar-refractivity contribution >= 4 is 17.5 Å². The summed E-state index contributed by atoms with van der Waals surface area (Å²) in [6.45, 7) is 0.342. The van der Waals surface area contributed by atoms with Crippen molar-refractivity contribution in [2.75, 3.05) is 20.3 Å². The molecule has 2 aliphatic carbocycles. The predicted molar refractivity (Wildman–Crippen MR) is 129 cm³/mol. The van der Waals surface area contributed by atoms with Crippen molar-refractivity contribution in [3.8, 4) is 11.1 Å². The molecule has 2 bridgehead atoms. The highest BCUT2D eigenvalue weighted by Crippen LogP contribution is 2.48. The van der Waals surface area contributed by atoms with Crippen LogP contribution in [0.25, 0.3) is 11.1 Å². The van der Waals surface area contributed by atoms with E-state index in [4.69, 9.17) is 4.84 Å². The minimum absolute atomic E-state index is 0.0261.